The van der Waals surface area contributed by atoms with Gasteiger partial charge in [0.1, 0.15) is 0 Å². The maximum Gasteiger partial charge on any atom is 0.412 e. The third-order valence-corrected chi connectivity index (χ3v) is 2.60. The van der Waals surface area contributed by atoms with Crippen molar-refractivity contribution in [3.05, 3.63) is 11.6 Å². The first kappa shape index (κ1) is 14.5. The minimum absolute atomic E-state index is 0.0997. The van der Waals surface area contributed by atoms with Crippen LogP contribution < -0.4 is 5.73 Å². The van der Waals surface area contributed by atoms with Gasteiger partial charge in [0.05, 0.1) is 12.5 Å². The zero-order valence-corrected chi connectivity index (χ0v) is 9.41. The first-order valence-corrected chi connectivity index (χ1v) is 5.24. The lowest BCUT2D eigenvalue weighted by Gasteiger charge is -2.29. The summed E-state index contributed by atoms with van der Waals surface area (Å²) < 4.78 is 37.0. The highest BCUT2D eigenvalue weighted by atomic mass is 19.4. The highest BCUT2D eigenvalue weighted by Gasteiger charge is 2.36. The molecule has 1 unspecified atom stereocenters. The van der Waals surface area contributed by atoms with Crippen molar-refractivity contribution < 1.29 is 27.9 Å². The van der Waals surface area contributed by atoms with Crippen LogP contribution in [-0.4, -0.2) is 47.2 Å². The molecular formula is C10H13F3N2O3. The van der Waals surface area contributed by atoms with E-state index in [0.29, 0.717) is 0 Å². The molecule has 0 fully saturated rings. The summed E-state index contributed by atoms with van der Waals surface area (Å²) in [5.41, 5.74) is 4.69. The van der Waals surface area contributed by atoms with E-state index in [0.717, 1.165) is 11.0 Å². The van der Waals surface area contributed by atoms with Gasteiger partial charge in [0.25, 0.3) is 0 Å². The smallest absolute Gasteiger partial charge is 0.412 e. The van der Waals surface area contributed by atoms with Crippen molar-refractivity contribution >= 4 is 11.9 Å². The van der Waals surface area contributed by atoms with Crippen molar-refractivity contribution in [3.63, 3.8) is 0 Å². The number of carboxylic acids is 1. The number of carboxylic acid groups (broad SMARTS) is 1. The van der Waals surface area contributed by atoms with E-state index in [2.05, 4.69) is 0 Å². The SMILES string of the molecule is NC(CC(=O)O)C(=O)N1CC=C(C(F)(F)F)CC1. The second-order valence-corrected chi connectivity index (χ2v) is 3.97. The predicted molar refractivity (Wildman–Crippen MR) is 55.6 cm³/mol. The number of carbonyl (C=O) groups is 2. The number of hydrogen-bond acceptors (Lipinski definition) is 3. The maximum absolute atomic E-state index is 12.3. The largest absolute Gasteiger partial charge is 0.481 e. The molecule has 0 spiro atoms. The van der Waals surface area contributed by atoms with Gasteiger partial charge in [-0.2, -0.15) is 13.2 Å². The number of rotatable bonds is 3. The van der Waals surface area contributed by atoms with Crippen molar-refractivity contribution in [2.24, 2.45) is 5.73 Å². The normalized spacial score (nSPS) is 18.2. The Hall–Kier alpha value is -1.57. The van der Waals surface area contributed by atoms with Gasteiger partial charge >= 0.3 is 12.1 Å². The van der Waals surface area contributed by atoms with E-state index in [1.54, 1.807) is 0 Å². The Labute approximate surface area is 101 Å². The van der Waals surface area contributed by atoms with Gasteiger partial charge in [0.15, 0.2) is 0 Å². The van der Waals surface area contributed by atoms with Crippen LogP contribution in [0.2, 0.25) is 0 Å². The number of nitrogens with two attached hydrogens (primary N) is 1. The van der Waals surface area contributed by atoms with E-state index in [4.69, 9.17) is 10.8 Å². The highest BCUT2D eigenvalue weighted by Crippen LogP contribution is 2.30. The second kappa shape index (κ2) is 5.38. The second-order valence-electron chi connectivity index (χ2n) is 3.97. The van der Waals surface area contributed by atoms with Gasteiger partial charge in [-0.1, -0.05) is 6.08 Å². The van der Waals surface area contributed by atoms with Gasteiger partial charge in [0, 0.05) is 18.7 Å². The molecule has 0 aromatic rings. The van der Waals surface area contributed by atoms with Gasteiger partial charge < -0.3 is 15.7 Å². The van der Waals surface area contributed by atoms with Crippen LogP contribution in [0.4, 0.5) is 13.2 Å². The van der Waals surface area contributed by atoms with E-state index in [9.17, 15) is 22.8 Å². The van der Waals surface area contributed by atoms with Crippen molar-refractivity contribution in [1.82, 2.24) is 4.90 Å². The molecule has 1 rings (SSSR count). The van der Waals surface area contributed by atoms with E-state index in [-0.39, 0.29) is 19.5 Å². The Kier molecular flexibility index (Phi) is 4.33. The third-order valence-electron chi connectivity index (χ3n) is 2.60. The fourth-order valence-corrected chi connectivity index (χ4v) is 1.64. The molecule has 102 valence electrons. The number of carbonyl (C=O) groups excluding carboxylic acids is 1. The lowest BCUT2D eigenvalue weighted by atomic mass is 10.1. The molecule has 8 heteroatoms. The number of aliphatic carboxylic acids is 1. The van der Waals surface area contributed by atoms with Gasteiger partial charge in [0.2, 0.25) is 5.91 Å². The topological polar surface area (TPSA) is 83.6 Å². The van der Waals surface area contributed by atoms with Crippen LogP contribution in [0.25, 0.3) is 0 Å². The Bertz CT molecular complexity index is 379. The van der Waals surface area contributed by atoms with Crippen LogP contribution in [0.15, 0.2) is 11.6 Å². The van der Waals surface area contributed by atoms with Gasteiger partial charge in [-0.05, 0) is 6.42 Å². The quantitative estimate of drug-likeness (QED) is 0.729. The zero-order valence-electron chi connectivity index (χ0n) is 9.41. The molecule has 1 atom stereocenters. The molecule has 18 heavy (non-hydrogen) atoms. The Morgan fingerprint density at radius 1 is 1.50 bits per heavy atom. The molecule has 0 radical (unpaired) electrons. The van der Waals surface area contributed by atoms with Gasteiger partial charge in [-0.15, -0.1) is 0 Å². The first-order valence-electron chi connectivity index (χ1n) is 5.24. The minimum atomic E-state index is -4.38. The number of halogens is 3. The standard InChI is InChI=1S/C10H13F3N2O3/c11-10(12,13)6-1-3-15(4-2-6)9(18)7(14)5-8(16)17/h1,7H,2-5,14H2,(H,16,17). The van der Waals surface area contributed by atoms with Crippen LogP contribution in [0.3, 0.4) is 0 Å². The molecule has 0 bridgehead atoms. The van der Waals surface area contributed by atoms with E-state index < -0.39 is 36.1 Å². The molecule has 1 aliphatic heterocycles. The summed E-state index contributed by atoms with van der Waals surface area (Å²) in [5.74, 6) is -1.87. The fraction of sp³-hybridized carbons (Fsp3) is 0.600. The van der Waals surface area contributed by atoms with Gasteiger partial charge in [-0.25, -0.2) is 0 Å². The van der Waals surface area contributed by atoms with Crippen LogP contribution in [-0.2, 0) is 9.59 Å². The third kappa shape index (κ3) is 3.73. The average molecular weight is 266 g/mol. The molecule has 0 aromatic carbocycles. The van der Waals surface area contributed by atoms with Crippen LogP contribution in [0.1, 0.15) is 12.8 Å². The van der Waals surface area contributed by atoms with E-state index >= 15 is 0 Å². The molecule has 0 aliphatic carbocycles. The summed E-state index contributed by atoms with van der Waals surface area (Å²) in [6.45, 7) is -0.293. The lowest BCUT2D eigenvalue weighted by molar-refractivity contribution is -0.142. The summed E-state index contributed by atoms with van der Waals surface area (Å²) in [4.78, 5) is 23.1. The van der Waals surface area contributed by atoms with Crippen molar-refractivity contribution in [3.8, 4) is 0 Å². The molecule has 1 heterocycles. The van der Waals surface area contributed by atoms with Crippen molar-refractivity contribution in [1.29, 1.82) is 0 Å². The number of amides is 1. The lowest BCUT2D eigenvalue weighted by Crippen LogP contribution is -2.46. The molecule has 0 saturated heterocycles. The minimum Gasteiger partial charge on any atom is -0.481 e. The van der Waals surface area contributed by atoms with Crippen molar-refractivity contribution in [2.45, 2.75) is 25.1 Å². The van der Waals surface area contributed by atoms with Crippen LogP contribution in [0, 0.1) is 0 Å². The summed E-state index contributed by atoms with van der Waals surface area (Å²) >= 11 is 0. The Morgan fingerprint density at radius 2 is 2.11 bits per heavy atom. The molecule has 0 saturated carbocycles. The zero-order chi connectivity index (χ0) is 13.9. The molecule has 1 aliphatic rings. The predicted octanol–water partition coefficient (Wildman–Crippen LogP) is 0.509. The Morgan fingerprint density at radius 3 is 2.50 bits per heavy atom. The first-order chi connectivity index (χ1) is 8.21. The molecule has 3 N–H and O–H groups in total. The summed E-state index contributed by atoms with van der Waals surface area (Å²) in [5, 5.41) is 8.47. The fourth-order valence-electron chi connectivity index (χ4n) is 1.64. The maximum atomic E-state index is 12.3. The molecule has 5 nitrogen and oxygen atoms in total. The molecule has 1 amide bonds. The number of hydrogen-bond donors (Lipinski definition) is 2. The van der Waals surface area contributed by atoms with Crippen LogP contribution in [0.5, 0.6) is 0 Å². The summed E-state index contributed by atoms with van der Waals surface area (Å²) in [6, 6.07) is -1.22. The van der Waals surface area contributed by atoms with Crippen molar-refractivity contribution in [2.75, 3.05) is 13.1 Å². The van der Waals surface area contributed by atoms with Gasteiger partial charge in [-0.3, -0.25) is 9.59 Å². The van der Waals surface area contributed by atoms with E-state index in [1.165, 1.54) is 0 Å². The number of alkyl halides is 3. The highest BCUT2D eigenvalue weighted by molar-refractivity contribution is 5.86. The Balaban J connectivity index is 2.60. The van der Waals surface area contributed by atoms with Crippen LogP contribution >= 0.6 is 0 Å². The van der Waals surface area contributed by atoms with E-state index in [1.807, 2.05) is 0 Å². The molecule has 0 aromatic heterocycles. The monoisotopic (exact) mass is 266 g/mol. The summed E-state index contributed by atoms with van der Waals surface area (Å²) in [7, 11) is 0. The average Bonchev–Trinajstić information content (AvgIpc) is 2.26. The molecular weight excluding hydrogens is 253 g/mol. The number of nitrogens with zero attached hydrogens (tertiary/aromatic N) is 1. The summed E-state index contributed by atoms with van der Waals surface area (Å²) in [6.07, 6.45) is -4.28.